The molecule has 0 aliphatic heterocycles. The SMILES string of the molecule is CCCCN(CC)c1ccc(C(=O)Nc2ccccc2OCc2cscn2)cc1. The molecule has 1 heterocycles. The number of hydrogen-bond donors (Lipinski definition) is 1. The Labute approximate surface area is 176 Å². The van der Waals surface area contributed by atoms with Crippen LogP contribution in [-0.2, 0) is 6.61 Å². The Morgan fingerprint density at radius 1 is 1.14 bits per heavy atom. The van der Waals surface area contributed by atoms with Gasteiger partial charge < -0.3 is 15.0 Å². The van der Waals surface area contributed by atoms with E-state index in [4.69, 9.17) is 4.74 Å². The van der Waals surface area contributed by atoms with Crippen LogP contribution < -0.4 is 15.0 Å². The summed E-state index contributed by atoms with van der Waals surface area (Å²) in [4.78, 5) is 19.3. The van der Waals surface area contributed by atoms with Gasteiger partial charge in [0.1, 0.15) is 12.4 Å². The maximum absolute atomic E-state index is 12.7. The minimum atomic E-state index is -0.155. The van der Waals surface area contributed by atoms with Gasteiger partial charge in [-0.05, 0) is 49.7 Å². The first-order valence-electron chi connectivity index (χ1n) is 9.96. The molecule has 0 radical (unpaired) electrons. The minimum Gasteiger partial charge on any atom is -0.485 e. The number of nitrogens with zero attached hydrogens (tertiary/aromatic N) is 2. The maximum Gasteiger partial charge on any atom is 0.255 e. The Morgan fingerprint density at radius 2 is 1.93 bits per heavy atom. The number of unbranched alkanes of at least 4 members (excludes halogenated alkanes) is 1. The summed E-state index contributed by atoms with van der Waals surface area (Å²) in [6, 6.07) is 15.2. The van der Waals surface area contributed by atoms with Crippen LogP contribution in [0.2, 0.25) is 0 Å². The van der Waals surface area contributed by atoms with Gasteiger partial charge in [-0.3, -0.25) is 4.79 Å². The molecule has 0 fully saturated rings. The van der Waals surface area contributed by atoms with Crippen LogP contribution >= 0.6 is 11.3 Å². The van der Waals surface area contributed by atoms with Crippen molar-refractivity contribution in [3.05, 3.63) is 70.7 Å². The molecular weight excluding hydrogens is 382 g/mol. The molecule has 152 valence electrons. The molecule has 0 saturated carbocycles. The lowest BCUT2D eigenvalue weighted by Crippen LogP contribution is -2.23. The van der Waals surface area contributed by atoms with Crippen LogP contribution in [0.4, 0.5) is 11.4 Å². The van der Waals surface area contributed by atoms with E-state index in [2.05, 4.69) is 29.0 Å². The van der Waals surface area contributed by atoms with Gasteiger partial charge in [0.25, 0.3) is 5.91 Å². The maximum atomic E-state index is 12.7. The Bertz CT molecular complexity index is 895. The van der Waals surface area contributed by atoms with E-state index in [1.807, 2.05) is 53.9 Å². The van der Waals surface area contributed by atoms with E-state index in [0.717, 1.165) is 30.9 Å². The van der Waals surface area contributed by atoms with E-state index in [0.29, 0.717) is 23.6 Å². The first-order valence-corrected chi connectivity index (χ1v) is 10.9. The Hall–Kier alpha value is -2.86. The first-order chi connectivity index (χ1) is 14.2. The van der Waals surface area contributed by atoms with Crippen molar-refractivity contribution in [2.45, 2.75) is 33.3 Å². The number of rotatable bonds is 10. The second kappa shape index (κ2) is 10.6. The van der Waals surface area contributed by atoms with Crippen molar-refractivity contribution in [3.8, 4) is 5.75 Å². The minimum absolute atomic E-state index is 0.155. The largest absolute Gasteiger partial charge is 0.485 e. The zero-order valence-corrected chi connectivity index (χ0v) is 17.7. The molecule has 0 atom stereocenters. The summed E-state index contributed by atoms with van der Waals surface area (Å²) in [7, 11) is 0. The van der Waals surface area contributed by atoms with E-state index in [1.165, 1.54) is 17.8 Å². The van der Waals surface area contributed by atoms with E-state index < -0.39 is 0 Å². The fourth-order valence-electron chi connectivity index (χ4n) is 2.99. The molecule has 1 amide bonds. The van der Waals surface area contributed by atoms with Gasteiger partial charge >= 0.3 is 0 Å². The molecule has 5 nitrogen and oxygen atoms in total. The van der Waals surface area contributed by atoms with E-state index in [1.54, 1.807) is 5.51 Å². The summed E-state index contributed by atoms with van der Waals surface area (Å²) in [5, 5.41) is 4.91. The molecule has 0 unspecified atom stereocenters. The van der Waals surface area contributed by atoms with Crippen molar-refractivity contribution >= 4 is 28.6 Å². The first kappa shape index (κ1) is 20.9. The monoisotopic (exact) mass is 409 g/mol. The summed E-state index contributed by atoms with van der Waals surface area (Å²) < 4.78 is 5.84. The summed E-state index contributed by atoms with van der Waals surface area (Å²) >= 11 is 1.53. The fraction of sp³-hybridized carbons (Fsp3) is 0.304. The number of hydrogen-bond acceptors (Lipinski definition) is 5. The number of benzene rings is 2. The summed E-state index contributed by atoms with van der Waals surface area (Å²) in [5.41, 5.74) is 5.06. The molecule has 1 aromatic heterocycles. The average Bonchev–Trinajstić information content (AvgIpc) is 3.28. The number of carbonyl (C=O) groups excluding carboxylic acids is 1. The van der Waals surface area contributed by atoms with E-state index >= 15 is 0 Å². The number of thiazole rings is 1. The van der Waals surface area contributed by atoms with Crippen molar-refractivity contribution in [2.24, 2.45) is 0 Å². The van der Waals surface area contributed by atoms with Gasteiger partial charge in [-0.25, -0.2) is 4.98 Å². The molecule has 6 heteroatoms. The molecule has 2 aromatic carbocycles. The molecule has 0 saturated heterocycles. The van der Waals surface area contributed by atoms with Crippen molar-refractivity contribution in [1.29, 1.82) is 0 Å². The summed E-state index contributed by atoms with van der Waals surface area (Å²) in [6.45, 7) is 6.70. The van der Waals surface area contributed by atoms with E-state index in [9.17, 15) is 4.79 Å². The quantitative estimate of drug-likeness (QED) is 0.473. The lowest BCUT2D eigenvalue weighted by molar-refractivity contribution is 0.102. The van der Waals surface area contributed by atoms with Gasteiger partial charge in [0.15, 0.2) is 0 Å². The average molecular weight is 410 g/mol. The smallest absolute Gasteiger partial charge is 0.255 e. The van der Waals surface area contributed by atoms with Gasteiger partial charge in [-0.2, -0.15) is 0 Å². The molecule has 0 spiro atoms. The fourth-order valence-corrected chi connectivity index (χ4v) is 3.54. The highest BCUT2D eigenvalue weighted by Gasteiger charge is 2.11. The highest BCUT2D eigenvalue weighted by atomic mass is 32.1. The Morgan fingerprint density at radius 3 is 2.62 bits per heavy atom. The van der Waals surface area contributed by atoms with E-state index in [-0.39, 0.29) is 5.91 Å². The molecule has 29 heavy (non-hydrogen) atoms. The molecule has 3 aromatic rings. The zero-order valence-electron chi connectivity index (χ0n) is 16.9. The van der Waals surface area contributed by atoms with Gasteiger partial charge in [0, 0.05) is 29.7 Å². The van der Waals surface area contributed by atoms with Gasteiger partial charge in [0.05, 0.1) is 16.9 Å². The van der Waals surface area contributed by atoms with Gasteiger partial charge in [0.2, 0.25) is 0 Å². The predicted octanol–water partition coefficient (Wildman–Crippen LogP) is 5.60. The Balaban J connectivity index is 1.65. The second-order valence-corrected chi connectivity index (χ2v) is 7.42. The van der Waals surface area contributed by atoms with Crippen LogP contribution in [0.1, 0.15) is 42.7 Å². The highest BCUT2D eigenvalue weighted by molar-refractivity contribution is 7.07. The number of ether oxygens (including phenoxy) is 1. The third kappa shape index (κ3) is 5.81. The predicted molar refractivity (Wildman–Crippen MR) is 120 cm³/mol. The Kier molecular flexibility index (Phi) is 7.64. The molecule has 0 aliphatic carbocycles. The van der Waals surface area contributed by atoms with Gasteiger partial charge in [-0.1, -0.05) is 25.5 Å². The number of amides is 1. The molecule has 0 aliphatic rings. The molecular formula is C23H27N3O2S. The van der Waals surface area contributed by atoms with Crippen LogP contribution in [0.3, 0.4) is 0 Å². The van der Waals surface area contributed by atoms with Gasteiger partial charge in [-0.15, -0.1) is 11.3 Å². The van der Waals surface area contributed by atoms with Crippen LogP contribution in [-0.4, -0.2) is 24.0 Å². The summed E-state index contributed by atoms with van der Waals surface area (Å²) in [6.07, 6.45) is 2.33. The second-order valence-electron chi connectivity index (χ2n) is 6.70. The molecule has 3 rings (SSSR count). The lowest BCUT2D eigenvalue weighted by atomic mass is 10.1. The number of anilines is 2. The molecule has 1 N–H and O–H groups in total. The third-order valence-electron chi connectivity index (χ3n) is 4.65. The third-order valence-corrected chi connectivity index (χ3v) is 5.29. The zero-order chi connectivity index (χ0) is 20.5. The van der Waals surface area contributed by atoms with Crippen LogP contribution in [0.25, 0.3) is 0 Å². The standard InChI is InChI=1S/C23H27N3O2S/c1-3-5-14-26(4-2)20-12-10-18(11-13-20)23(27)25-21-8-6-7-9-22(21)28-15-19-16-29-17-24-19/h6-13,16-17H,3-5,14-15H2,1-2H3,(H,25,27). The summed E-state index contributed by atoms with van der Waals surface area (Å²) in [5.74, 6) is 0.472. The normalized spacial score (nSPS) is 10.6. The van der Waals surface area contributed by atoms with Crippen molar-refractivity contribution in [2.75, 3.05) is 23.3 Å². The highest BCUT2D eigenvalue weighted by Crippen LogP contribution is 2.26. The van der Waals surface area contributed by atoms with Crippen LogP contribution in [0, 0.1) is 0 Å². The number of aromatic nitrogens is 1. The number of nitrogens with one attached hydrogen (secondary N) is 1. The lowest BCUT2D eigenvalue weighted by Gasteiger charge is -2.23. The number of carbonyl (C=O) groups is 1. The van der Waals surface area contributed by atoms with Crippen molar-refractivity contribution in [3.63, 3.8) is 0 Å². The van der Waals surface area contributed by atoms with Crippen LogP contribution in [0.5, 0.6) is 5.75 Å². The molecule has 0 bridgehead atoms. The topological polar surface area (TPSA) is 54.5 Å². The van der Waals surface area contributed by atoms with Crippen LogP contribution in [0.15, 0.2) is 59.4 Å². The van der Waals surface area contributed by atoms with Crippen molar-refractivity contribution in [1.82, 2.24) is 4.98 Å². The number of para-hydroxylation sites is 2. The van der Waals surface area contributed by atoms with Crippen molar-refractivity contribution < 1.29 is 9.53 Å².